The van der Waals surface area contributed by atoms with E-state index >= 15 is 0 Å². The second-order valence-corrected chi connectivity index (χ2v) is 4.36. The van der Waals surface area contributed by atoms with Gasteiger partial charge in [0.2, 0.25) is 5.91 Å². The van der Waals surface area contributed by atoms with Crippen molar-refractivity contribution >= 4 is 23.3 Å². The molecule has 20 heavy (non-hydrogen) atoms. The molecular weight excluding hydrogens is 265 g/mol. The van der Waals surface area contributed by atoms with E-state index in [1.54, 1.807) is 13.8 Å². The molecule has 1 amide bonds. The number of anilines is 2. The molecule has 0 fully saturated rings. The molecule has 0 bridgehead atoms. The van der Waals surface area contributed by atoms with E-state index < -0.39 is 17.7 Å². The van der Waals surface area contributed by atoms with E-state index in [1.165, 1.54) is 6.07 Å². The minimum Gasteiger partial charge on any atom is -0.462 e. The molecule has 0 saturated carbocycles. The summed E-state index contributed by atoms with van der Waals surface area (Å²) >= 11 is 0. The number of esters is 1. The van der Waals surface area contributed by atoms with Crippen LogP contribution in [0.25, 0.3) is 0 Å². The molecule has 1 rings (SSSR count). The smallest absolute Gasteiger partial charge is 0.340 e. The summed E-state index contributed by atoms with van der Waals surface area (Å²) in [5.74, 6) is -1.76. The Morgan fingerprint density at radius 2 is 2.10 bits per heavy atom. The molecule has 7 heteroatoms. The van der Waals surface area contributed by atoms with Crippen LogP contribution in [0.1, 0.15) is 30.6 Å². The number of nitrogens with one attached hydrogen (secondary N) is 1. The van der Waals surface area contributed by atoms with Gasteiger partial charge in [0.1, 0.15) is 5.82 Å². The fraction of sp³-hybridized carbons (Fsp3) is 0.385. The average Bonchev–Trinajstić information content (AvgIpc) is 2.31. The Kier molecular flexibility index (Phi) is 5.31. The molecular formula is C13H18FN3O3. The Labute approximate surface area is 116 Å². The van der Waals surface area contributed by atoms with Crippen molar-refractivity contribution in [2.45, 2.75) is 26.3 Å². The van der Waals surface area contributed by atoms with Gasteiger partial charge in [-0.3, -0.25) is 4.79 Å². The second kappa shape index (κ2) is 6.74. The Morgan fingerprint density at radius 3 is 2.65 bits per heavy atom. The first-order valence-corrected chi connectivity index (χ1v) is 6.16. The highest BCUT2D eigenvalue weighted by molar-refractivity contribution is 5.96. The molecule has 0 spiro atoms. The van der Waals surface area contributed by atoms with Crippen LogP contribution in [0.5, 0.6) is 0 Å². The molecule has 0 saturated heterocycles. The van der Waals surface area contributed by atoms with E-state index in [4.69, 9.17) is 16.2 Å². The zero-order chi connectivity index (χ0) is 15.3. The maximum atomic E-state index is 13.8. The number of halogens is 1. The number of nitrogen functional groups attached to an aromatic ring is 1. The lowest BCUT2D eigenvalue weighted by molar-refractivity contribution is -0.118. The van der Waals surface area contributed by atoms with Crippen molar-refractivity contribution in [2.24, 2.45) is 5.73 Å². The number of carbonyl (C=O) groups excluding carboxylic acids is 2. The lowest BCUT2D eigenvalue weighted by atomic mass is 10.1. The van der Waals surface area contributed by atoms with Gasteiger partial charge in [-0.25, -0.2) is 9.18 Å². The van der Waals surface area contributed by atoms with Gasteiger partial charge >= 0.3 is 5.97 Å². The Bertz CT molecular complexity index is 520. The minimum atomic E-state index is -0.629. The van der Waals surface area contributed by atoms with Gasteiger partial charge in [-0.15, -0.1) is 0 Å². The molecule has 0 heterocycles. The van der Waals surface area contributed by atoms with Crippen LogP contribution in [0.4, 0.5) is 15.8 Å². The molecule has 0 aromatic heterocycles. The third kappa shape index (κ3) is 4.11. The number of amides is 1. The molecule has 1 unspecified atom stereocenters. The molecule has 0 aliphatic carbocycles. The summed E-state index contributed by atoms with van der Waals surface area (Å²) in [4.78, 5) is 22.5. The number of ether oxygens (including phenoxy) is 1. The predicted molar refractivity (Wildman–Crippen MR) is 73.7 cm³/mol. The maximum absolute atomic E-state index is 13.8. The zero-order valence-electron chi connectivity index (χ0n) is 11.4. The van der Waals surface area contributed by atoms with Crippen molar-refractivity contribution in [3.8, 4) is 0 Å². The Hall–Kier alpha value is -2.31. The van der Waals surface area contributed by atoms with Crippen molar-refractivity contribution in [3.05, 3.63) is 23.5 Å². The third-order valence-electron chi connectivity index (χ3n) is 2.54. The Balaban J connectivity index is 2.99. The highest BCUT2D eigenvalue weighted by Crippen LogP contribution is 2.24. The van der Waals surface area contributed by atoms with Gasteiger partial charge in [-0.05, 0) is 26.0 Å². The summed E-state index contributed by atoms with van der Waals surface area (Å²) in [6, 6.07) is 1.92. The van der Waals surface area contributed by atoms with E-state index in [9.17, 15) is 14.0 Å². The van der Waals surface area contributed by atoms with E-state index in [0.717, 1.165) is 6.07 Å². The molecule has 1 aromatic carbocycles. The number of benzene rings is 1. The van der Waals surface area contributed by atoms with E-state index in [-0.39, 0.29) is 36.0 Å². The predicted octanol–water partition coefficient (Wildman–Crippen LogP) is 1.26. The van der Waals surface area contributed by atoms with Crippen molar-refractivity contribution in [1.29, 1.82) is 0 Å². The normalized spacial score (nSPS) is 11.8. The largest absolute Gasteiger partial charge is 0.462 e. The summed E-state index contributed by atoms with van der Waals surface area (Å²) < 4.78 is 18.6. The highest BCUT2D eigenvalue weighted by atomic mass is 19.1. The fourth-order valence-corrected chi connectivity index (χ4v) is 1.70. The molecule has 1 atom stereocenters. The van der Waals surface area contributed by atoms with Crippen LogP contribution in [0.15, 0.2) is 12.1 Å². The van der Waals surface area contributed by atoms with Crippen LogP contribution in [0.3, 0.4) is 0 Å². The van der Waals surface area contributed by atoms with Gasteiger partial charge in [0.25, 0.3) is 0 Å². The van der Waals surface area contributed by atoms with Crippen LogP contribution >= 0.6 is 0 Å². The zero-order valence-corrected chi connectivity index (χ0v) is 11.4. The first-order chi connectivity index (χ1) is 9.35. The molecule has 0 radical (unpaired) electrons. The third-order valence-corrected chi connectivity index (χ3v) is 2.54. The van der Waals surface area contributed by atoms with Crippen molar-refractivity contribution < 1.29 is 18.7 Å². The van der Waals surface area contributed by atoms with Crippen molar-refractivity contribution in [1.82, 2.24) is 0 Å². The van der Waals surface area contributed by atoms with Crippen molar-refractivity contribution in [3.63, 3.8) is 0 Å². The van der Waals surface area contributed by atoms with Crippen LogP contribution in [-0.4, -0.2) is 24.5 Å². The topological polar surface area (TPSA) is 107 Å². The summed E-state index contributed by atoms with van der Waals surface area (Å²) in [5.41, 5.74) is 10.8. The summed E-state index contributed by atoms with van der Waals surface area (Å²) in [5, 5.41) is 2.77. The van der Waals surface area contributed by atoms with Gasteiger partial charge in [0, 0.05) is 18.2 Å². The first-order valence-electron chi connectivity index (χ1n) is 6.16. The summed E-state index contributed by atoms with van der Waals surface area (Å²) in [6.07, 6.45) is 0.0402. The van der Waals surface area contributed by atoms with Gasteiger partial charge in [0.15, 0.2) is 0 Å². The van der Waals surface area contributed by atoms with E-state index in [1.807, 2.05) is 0 Å². The number of rotatable bonds is 6. The van der Waals surface area contributed by atoms with Crippen molar-refractivity contribution in [2.75, 3.05) is 17.7 Å². The van der Waals surface area contributed by atoms with E-state index in [0.29, 0.717) is 0 Å². The number of carbonyl (C=O) groups is 2. The van der Waals surface area contributed by atoms with Crippen LogP contribution in [0, 0.1) is 5.82 Å². The van der Waals surface area contributed by atoms with Crippen LogP contribution in [-0.2, 0) is 9.53 Å². The van der Waals surface area contributed by atoms with Gasteiger partial charge in [0.05, 0.1) is 17.9 Å². The van der Waals surface area contributed by atoms with E-state index in [2.05, 4.69) is 5.32 Å². The van der Waals surface area contributed by atoms with Crippen LogP contribution < -0.4 is 16.8 Å². The number of hydrogen-bond acceptors (Lipinski definition) is 5. The lowest BCUT2D eigenvalue weighted by Gasteiger charge is -2.16. The summed E-state index contributed by atoms with van der Waals surface area (Å²) in [6.45, 7) is 3.52. The monoisotopic (exact) mass is 283 g/mol. The maximum Gasteiger partial charge on any atom is 0.340 e. The standard InChI is InChI=1S/C13H18FN3O3/c1-3-20-13(19)8-5-11(9(14)6-10(8)15)17-7(2)4-12(16)18/h5-7,17H,3-4,15H2,1-2H3,(H2,16,18). The van der Waals surface area contributed by atoms with Gasteiger partial charge < -0.3 is 21.5 Å². The second-order valence-electron chi connectivity index (χ2n) is 4.36. The quantitative estimate of drug-likeness (QED) is 0.538. The Morgan fingerprint density at radius 1 is 1.45 bits per heavy atom. The molecule has 0 aliphatic rings. The SMILES string of the molecule is CCOC(=O)c1cc(NC(C)CC(N)=O)c(F)cc1N. The molecule has 1 aromatic rings. The lowest BCUT2D eigenvalue weighted by Crippen LogP contribution is -2.24. The van der Waals surface area contributed by atoms with Gasteiger partial charge in [-0.2, -0.15) is 0 Å². The average molecular weight is 283 g/mol. The number of hydrogen-bond donors (Lipinski definition) is 3. The highest BCUT2D eigenvalue weighted by Gasteiger charge is 2.16. The number of nitrogens with two attached hydrogens (primary N) is 2. The van der Waals surface area contributed by atoms with Crippen LogP contribution in [0.2, 0.25) is 0 Å². The molecule has 0 aliphatic heterocycles. The number of primary amides is 1. The molecule has 5 N–H and O–H groups in total. The summed E-state index contributed by atoms with van der Waals surface area (Å²) in [7, 11) is 0. The first kappa shape index (κ1) is 15.7. The van der Waals surface area contributed by atoms with Gasteiger partial charge in [-0.1, -0.05) is 0 Å². The molecule has 6 nitrogen and oxygen atoms in total. The molecule has 110 valence electrons. The minimum absolute atomic E-state index is 0.00551. The fourth-order valence-electron chi connectivity index (χ4n) is 1.70.